The van der Waals surface area contributed by atoms with Gasteiger partial charge in [-0.05, 0) is 70.7 Å². The molecule has 2 aromatic carbocycles. The number of carbonyl (C=O) groups excluding carboxylic acids is 2. The van der Waals surface area contributed by atoms with Gasteiger partial charge in [0.15, 0.2) is 5.60 Å². The molecule has 3 aromatic rings. The average molecular weight is 625 g/mol. The zero-order valence-electron chi connectivity index (χ0n) is 27.1. The zero-order valence-corrected chi connectivity index (χ0v) is 27.1. The van der Waals surface area contributed by atoms with Crippen LogP contribution in [0.4, 0.5) is 5.69 Å². The van der Waals surface area contributed by atoms with Gasteiger partial charge in [-0.3, -0.25) is 14.4 Å². The van der Waals surface area contributed by atoms with Crippen LogP contribution in [0.1, 0.15) is 65.4 Å². The summed E-state index contributed by atoms with van der Waals surface area (Å²) < 4.78 is 1.29. The van der Waals surface area contributed by atoms with Crippen LogP contribution in [0, 0.1) is 5.92 Å². The Morgan fingerprint density at radius 2 is 1.91 bits per heavy atom. The minimum Gasteiger partial charge on any atom is -0.394 e. The van der Waals surface area contributed by atoms with Gasteiger partial charge in [0.05, 0.1) is 35.6 Å². The smallest absolute Gasteiger partial charge is 0.279 e. The maximum atomic E-state index is 14.1. The van der Waals surface area contributed by atoms with Crippen molar-refractivity contribution in [2.45, 2.75) is 71.4 Å². The fourth-order valence-electron chi connectivity index (χ4n) is 6.44. The summed E-state index contributed by atoms with van der Waals surface area (Å²) in [5.74, 6) is -1.25. The van der Waals surface area contributed by atoms with Crippen molar-refractivity contribution in [3.05, 3.63) is 100 Å². The number of anilines is 1. The van der Waals surface area contributed by atoms with Crippen LogP contribution in [0.5, 0.6) is 0 Å². The molecular weight excluding hydrogens is 580 g/mol. The van der Waals surface area contributed by atoms with Gasteiger partial charge in [0.2, 0.25) is 5.91 Å². The molecule has 0 aliphatic carbocycles. The molecule has 2 amide bonds. The summed E-state index contributed by atoms with van der Waals surface area (Å²) in [6, 6.07) is 12.2. The number of aliphatic hydroxyl groups is 2. The van der Waals surface area contributed by atoms with E-state index in [4.69, 9.17) is 0 Å². The molecule has 1 saturated heterocycles. The number of nitrogens with zero attached hydrogens (tertiary/aromatic N) is 4. The van der Waals surface area contributed by atoms with Crippen molar-refractivity contribution < 1.29 is 19.8 Å². The highest BCUT2D eigenvalue weighted by atomic mass is 16.3. The predicted octanol–water partition coefficient (Wildman–Crippen LogP) is 5.18. The molecule has 0 unspecified atom stereocenters. The highest BCUT2D eigenvalue weighted by molar-refractivity contribution is 6.07. The molecule has 2 aliphatic heterocycles. The number of hydrogen-bond donors (Lipinski definition) is 2. The van der Waals surface area contributed by atoms with Gasteiger partial charge < -0.3 is 20.0 Å². The molecule has 9 nitrogen and oxygen atoms in total. The minimum absolute atomic E-state index is 0.0624. The van der Waals surface area contributed by atoms with Crippen LogP contribution >= 0.6 is 0 Å². The number of aromatic nitrogens is 2. The zero-order chi connectivity index (χ0) is 33.0. The van der Waals surface area contributed by atoms with Gasteiger partial charge in [0.1, 0.15) is 0 Å². The van der Waals surface area contributed by atoms with Gasteiger partial charge in [-0.15, -0.1) is 0 Å². The molecule has 46 heavy (non-hydrogen) atoms. The average Bonchev–Trinajstić information content (AvgIpc) is 3.61. The Morgan fingerprint density at radius 3 is 2.67 bits per heavy atom. The Morgan fingerprint density at radius 1 is 1.13 bits per heavy atom. The third-order valence-corrected chi connectivity index (χ3v) is 9.19. The van der Waals surface area contributed by atoms with E-state index in [1.54, 1.807) is 65.4 Å². The number of fused-ring (bicyclic) bond motifs is 2. The Balaban J connectivity index is 1.48. The van der Waals surface area contributed by atoms with Gasteiger partial charge in [-0.25, -0.2) is 0 Å². The van der Waals surface area contributed by atoms with E-state index in [-0.39, 0.29) is 37.1 Å². The molecule has 0 spiro atoms. The lowest BCUT2D eigenvalue weighted by atomic mass is 9.82. The number of benzene rings is 2. The quantitative estimate of drug-likeness (QED) is 0.284. The summed E-state index contributed by atoms with van der Waals surface area (Å²) in [6.07, 6.45) is 12.7. The molecule has 3 heterocycles. The van der Waals surface area contributed by atoms with Crippen LogP contribution in [0.25, 0.3) is 16.5 Å². The standard InChI is InChI=1S/C37H44N4O5/c1-25(2)10-7-11-26(3)19-21-40-33-18-17-29(41-35(44)31-15-6-5-13-28(31)23-38-41)22-32(33)37(46,36(40)45)27(4)12-8-16-34(43)39-20-9-14-30(39)24-42/h5-6,8,10,12-13,15,17-19,22-23,27,30,42,46H,7,9,11,14,16,20-21,24H2,1-4H3/b12-8+,26-19+/t27-,30-,37+/m0/s1. The highest BCUT2D eigenvalue weighted by Gasteiger charge is 2.52. The van der Waals surface area contributed by atoms with E-state index in [2.05, 4.69) is 25.0 Å². The number of rotatable bonds is 11. The van der Waals surface area contributed by atoms with E-state index in [0.29, 0.717) is 28.9 Å². The molecule has 2 aliphatic rings. The van der Waals surface area contributed by atoms with Crippen molar-refractivity contribution in [3.8, 4) is 5.69 Å². The topological polar surface area (TPSA) is 116 Å². The number of hydrogen-bond acceptors (Lipinski definition) is 6. The largest absolute Gasteiger partial charge is 0.394 e. The number of carbonyl (C=O) groups is 2. The summed E-state index contributed by atoms with van der Waals surface area (Å²) in [6.45, 7) is 8.77. The van der Waals surface area contributed by atoms with Crippen LogP contribution in [0.3, 0.4) is 0 Å². The summed E-state index contributed by atoms with van der Waals surface area (Å²) in [7, 11) is 0. The van der Waals surface area contributed by atoms with E-state index in [1.165, 1.54) is 10.3 Å². The summed E-state index contributed by atoms with van der Waals surface area (Å²) in [5.41, 5.74) is 1.55. The third kappa shape index (κ3) is 6.48. The van der Waals surface area contributed by atoms with Crippen LogP contribution in [-0.2, 0) is 15.2 Å². The molecule has 0 bridgehead atoms. The Bertz CT molecular complexity index is 1770. The molecule has 9 heteroatoms. The fourth-order valence-corrected chi connectivity index (χ4v) is 6.44. The number of likely N-dealkylation sites (tertiary alicyclic amines) is 1. The molecule has 1 fully saturated rings. The van der Waals surface area contributed by atoms with Gasteiger partial charge in [-0.2, -0.15) is 9.78 Å². The first-order chi connectivity index (χ1) is 22.1. The van der Waals surface area contributed by atoms with Gasteiger partial charge in [0.25, 0.3) is 11.5 Å². The molecule has 5 rings (SSSR count). The Hall–Kier alpha value is -4.34. The van der Waals surface area contributed by atoms with Crippen molar-refractivity contribution in [3.63, 3.8) is 0 Å². The third-order valence-electron chi connectivity index (χ3n) is 9.19. The molecule has 3 atom stereocenters. The summed E-state index contributed by atoms with van der Waals surface area (Å²) >= 11 is 0. The van der Waals surface area contributed by atoms with E-state index in [0.717, 1.165) is 36.6 Å². The van der Waals surface area contributed by atoms with Crippen LogP contribution < -0.4 is 10.5 Å². The summed E-state index contributed by atoms with van der Waals surface area (Å²) in [5, 5.41) is 27.5. The van der Waals surface area contributed by atoms with E-state index in [1.807, 2.05) is 25.1 Å². The van der Waals surface area contributed by atoms with Crippen LogP contribution in [-0.4, -0.2) is 62.4 Å². The molecule has 242 valence electrons. The molecule has 2 N–H and O–H groups in total. The Labute approximate surface area is 270 Å². The lowest BCUT2D eigenvalue weighted by Crippen LogP contribution is -2.44. The van der Waals surface area contributed by atoms with E-state index < -0.39 is 17.4 Å². The number of allylic oxidation sites excluding steroid dienone is 3. The molecular formula is C37H44N4O5. The number of aliphatic hydroxyl groups excluding tert-OH is 1. The fraction of sp³-hybridized carbons (Fsp3) is 0.405. The Kier molecular flexibility index (Phi) is 10.0. The first-order valence-electron chi connectivity index (χ1n) is 16.1. The lowest BCUT2D eigenvalue weighted by molar-refractivity contribution is -0.139. The van der Waals surface area contributed by atoms with Crippen molar-refractivity contribution in [1.29, 1.82) is 0 Å². The summed E-state index contributed by atoms with van der Waals surface area (Å²) in [4.78, 5) is 43.7. The van der Waals surface area contributed by atoms with E-state index in [9.17, 15) is 24.6 Å². The van der Waals surface area contributed by atoms with Crippen molar-refractivity contribution >= 4 is 28.3 Å². The van der Waals surface area contributed by atoms with Crippen LogP contribution in [0.2, 0.25) is 0 Å². The molecule has 0 saturated carbocycles. The SMILES string of the molecule is CC(C)=CCC/C(C)=C/CN1C(=O)[C@@](O)([C@@H](C)/C=C/CC(=O)N2CCC[C@H]2CO)c2cc(-n3ncc4ccccc4c3=O)ccc21. The normalized spacial score (nSPS) is 20.5. The van der Waals surface area contributed by atoms with Gasteiger partial charge in [0, 0.05) is 36.4 Å². The second-order valence-electron chi connectivity index (χ2n) is 12.7. The van der Waals surface area contributed by atoms with E-state index >= 15 is 0 Å². The monoisotopic (exact) mass is 624 g/mol. The maximum absolute atomic E-state index is 14.1. The van der Waals surface area contributed by atoms with Crippen molar-refractivity contribution in [2.75, 3.05) is 24.6 Å². The van der Waals surface area contributed by atoms with Gasteiger partial charge >= 0.3 is 0 Å². The molecule has 0 radical (unpaired) electrons. The van der Waals surface area contributed by atoms with Gasteiger partial charge in [-0.1, -0.05) is 60.6 Å². The highest BCUT2D eigenvalue weighted by Crippen LogP contribution is 2.46. The van der Waals surface area contributed by atoms with Crippen molar-refractivity contribution in [1.82, 2.24) is 14.7 Å². The minimum atomic E-state index is -1.93. The predicted molar refractivity (Wildman–Crippen MR) is 181 cm³/mol. The number of amides is 2. The second kappa shape index (κ2) is 14.0. The van der Waals surface area contributed by atoms with Crippen molar-refractivity contribution in [2.24, 2.45) is 5.92 Å². The first kappa shape index (κ1) is 33.0. The van der Waals surface area contributed by atoms with Crippen LogP contribution in [0.15, 0.2) is 88.9 Å². The lowest BCUT2D eigenvalue weighted by Gasteiger charge is -2.28. The first-order valence-corrected chi connectivity index (χ1v) is 16.1. The maximum Gasteiger partial charge on any atom is 0.279 e. The second-order valence-corrected chi connectivity index (χ2v) is 12.7. The molecule has 1 aromatic heterocycles.